The SMILES string of the molecule is CNC1CCC(C)C1(C)C. The number of rotatable bonds is 1. The molecule has 1 heteroatoms. The van der Waals surface area contributed by atoms with Gasteiger partial charge in [-0.2, -0.15) is 0 Å². The minimum atomic E-state index is 0.509. The fourth-order valence-corrected chi connectivity index (χ4v) is 2.02. The largest absolute Gasteiger partial charge is 0.316 e. The summed E-state index contributed by atoms with van der Waals surface area (Å²) in [7, 11) is 2.07. The van der Waals surface area contributed by atoms with E-state index in [0.29, 0.717) is 5.41 Å². The molecule has 60 valence electrons. The molecule has 1 aliphatic carbocycles. The Morgan fingerprint density at radius 1 is 1.30 bits per heavy atom. The highest BCUT2D eigenvalue weighted by Crippen LogP contribution is 2.42. The van der Waals surface area contributed by atoms with Crippen LogP contribution in [0.1, 0.15) is 33.6 Å². The summed E-state index contributed by atoms with van der Waals surface area (Å²) in [5, 5.41) is 3.38. The summed E-state index contributed by atoms with van der Waals surface area (Å²) in [6, 6.07) is 0.738. The second-order valence-electron chi connectivity index (χ2n) is 4.14. The lowest BCUT2D eigenvalue weighted by Gasteiger charge is -2.30. The van der Waals surface area contributed by atoms with Crippen LogP contribution in [0.15, 0.2) is 0 Å². The quantitative estimate of drug-likeness (QED) is 0.589. The van der Waals surface area contributed by atoms with E-state index in [4.69, 9.17) is 0 Å². The first-order chi connectivity index (χ1) is 4.59. The van der Waals surface area contributed by atoms with Gasteiger partial charge < -0.3 is 5.32 Å². The molecule has 0 amide bonds. The van der Waals surface area contributed by atoms with Crippen molar-refractivity contribution >= 4 is 0 Å². The Morgan fingerprint density at radius 2 is 1.90 bits per heavy atom. The highest BCUT2D eigenvalue weighted by molar-refractivity contribution is 4.93. The Kier molecular flexibility index (Phi) is 2.04. The maximum atomic E-state index is 3.38. The van der Waals surface area contributed by atoms with Gasteiger partial charge in [-0.3, -0.25) is 0 Å². The molecule has 1 nitrogen and oxygen atoms in total. The maximum absolute atomic E-state index is 3.38. The normalized spacial score (nSPS) is 38.4. The smallest absolute Gasteiger partial charge is 0.0118 e. The van der Waals surface area contributed by atoms with Crippen molar-refractivity contribution in [1.29, 1.82) is 0 Å². The molecule has 0 aromatic rings. The lowest BCUT2D eigenvalue weighted by Crippen LogP contribution is -2.37. The zero-order valence-corrected chi connectivity index (χ0v) is 7.57. The van der Waals surface area contributed by atoms with Crippen molar-refractivity contribution in [2.45, 2.75) is 39.7 Å². The summed E-state index contributed by atoms with van der Waals surface area (Å²) < 4.78 is 0. The molecule has 0 radical (unpaired) electrons. The Hall–Kier alpha value is -0.0400. The average molecular weight is 141 g/mol. The van der Waals surface area contributed by atoms with Crippen LogP contribution in [-0.2, 0) is 0 Å². The van der Waals surface area contributed by atoms with Gasteiger partial charge in [0.1, 0.15) is 0 Å². The standard InChI is InChI=1S/C9H19N/c1-7-5-6-8(10-4)9(7,2)3/h7-8,10H,5-6H2,1-4H3. The van der Waals surface area contributed by atoms with Gasteiger partial charge in [-0.05, 0) is 31.2 Å². The van der Waals surface area contributed by atoms with Gasteiger partial charge in [0.05, 0.1) is 0 Å². The van der Waals surface area contributed by atoms with Crippen molar-refractivity contribution in [1.82, 2.24) is 5.32 Å². The van der Waals surface area contributed by atoms with Gasteiger partial charge in [0.25, 0.3) is 0 Å². The molecule has 1 rings (SSSR count). The first-order valence-electron chi connectivity index (χ1n) is 4.26. The van der Waals surface area contributed by atoms with Crippen LogP contribution in [0.4, 0.5) is 0 Å². The Labute approximate surface area is 64.2 Å². The third-order valence-electron chi connectivity index (χ3n) is 3.41. The zero-order chi connectivity index (χ0) is 7.78. The Balaban J connectivity index is 2.64. The van der Waals surface area contributed by atoms with Gasteiger partial charge in [-0.15, -0.1) is 0 Å². The predicted octanol–water partition coefficient (Wildman–Crippen LogP) is 2.03. The zero-order valence-electron chi connectivity index (χ0n) is 7.57. The van der Waals surface area contributed by atoms with Crippen molar-refractivity contribution in [3.8, 4) is 0 Å². The molecule has 1 fully saturated rings. The van der Waals surface area contributed by atoms with Crippen molar-refractivity contribution in [2.75, 3.05) is 7.05 Å². The van der Waals surface area contributed by atoms with Crippen LogP contribution in [0.5, 0.6) is 0 Å². The Morgan fingerprint density at radius 3 is 2.10 bits per heavy atom. The van der Waals surface area contributed by atoms with Crippen LogP contribution in [0.25, 0.3) is 0 Å². The lowest BCUT2D eigenvalue weighted by molar-refractivity contribution is 0.228. The van der Waals surface area contributed by atoms with Crippen LogP contribution in [0.2, 0.25) is 0 Å². The highest BCUT2D eigenvalue weighted by atomic mass is 14.9. The summed E-state index contributed by atoms with van der Waals surface area (Å²) in [5.74, 6) is 0.880. The van der Waals surface area contributed by atoms with E-state index >= 15 is 0 Å². The van der Waals surface area contributed by atoms with E-state index in [1.807, 2.05) is 0 Å². The summed E-state index contributed by atoms with van der Waals surface area (Å²) in [6.07, 6.45) is 2.74. The van der Waals surface area contributed by atoms with Gasteiger partial charge >= 0.3 is 0 Å². The van der Waals surface area contributed by atoms with E-state index < -0.39 is 0 Å². The van der Waals surface area contributed by atoms with Gasteiger partial charge in [-0.25, -0.2) is 0 Å². The first-order valence-corrected chi connectivity index (χ1v) is 4.26. The molecule has 2 unspecified atom stereocenters. The predicted molar refractivity (Wildman–Crippen MR) is 45.0 cm³/mol. The monoisotopic (exact) mass is 141 g/mol. The lowest BCUT2D eigenvalue weighted by atomic mass is 9.80. The number of nitrogens with one attached hydrogen (secondary N) is 1. The second kappa shape index (κ2) is 2.54. The maximum Gasteiger partial charge on any atom is 0.0118 e. The molecule has 0 aromatic carbocycles. The van der Waals surface area contributed by atoms with E-state index in [-0.39, 0.29) is 0 Å². The number of hydrogen-bond acceptors (Lipinski definition) is 1. The molecule has 1 aliphatic rings. The summed E-state index contributed by atoms with van der Waals surface area (Å²) in [4.78, 5) is 0. The van der Waals surface area contributed by atoms with Gasteiger partial charge in [0.2, 0.25) is 0 Å². The second-order valence-corrected chi connectivity index (χ2v) is 4.14. The fourth-order valence-electron chi connectivity index (χ4n) is 2.02. The molecule has 10 heavy (non-hydrogen) atoms. The van der Waals surface area contributed by atoms with Crippen LogP contribution >= 0.6 is 0 Å². The van der Waals surface area contributed by atoms with E-state index in [9.17, 15) is 0 Å². The van der Waals surface area contributed by atoms with E-state index in [1.165, 1.54) is 12.8 Å². The molecule has 0 aliphatic heterocycles. The van der Waals surface area contributed by atoms with Gasteiger partial charge in [0.15, 0.2) is 0 Å². The highest BCUT2D eigenvalue weighted by Gasteiger charge is 2.39. The van der Waals surface area contributed by atoms with Crippen molar-refractivity contribution in [3.05, 3.63) is 0 Å². The van der Waals surface area contributed by atoms with Crippen molar-refractivity contribution < 1.29 is 0 Å². The minimum absolute atomic E-state index is 0.509. The third-order valence-corrected chi connectivity index (χ3v) is 3.41. The van der Waals surface area contributed by atoms with Gasteiger partial charge in [0, 0.05) is 6.04 Å². The first kappa shape index (κ1) is 8.06. The summed E-state index contributed by atoms with van der Waals surface area (Å²) in [6.45, 7) is 7.09. The third kappa shape index (κ3) is 1.07. The molecular weight excluding hydrogens is 122 g/mol. The van der Waals surface area contributed by atoms with E-state index in [2.05, 4.69) is 33.1 Å². The molecule has 1 saturated carbocycles. The Bertz CT molecular complexity index is 118. The molecule has 0 spiro atoms. The molecule has 0 heterocycles. The summed E-state index contributed by atoms with van der Waals surface area (Å²) in [5.41, 5.74) is 0.509. The molecular formula is C9H19N. The molecule has 0 aromatic heterocycles. The minimum Gasteiger partial charge on any atom is -0.316 e. The van der Waals surface area contributed by atoms with Crippen molar-refractivity contribution in [2.24, 2.45) is 11.3 Å². The molecule has 0 saturated heterocycles. The topological polar surface area (TPSA) is 12.0 Å². The molecule has 1 N–H and O–H groups in total. The fraction of sp³-hybridized carbons (Fsp3) is 1.00. The van der Waals surface area contributed by atoms with Gasteiger partial charge in [-0.1, -0.05) is 20.8 Å². The molecule has 0 bridgehead atoms. The van der Waals surface area contributed by atoms with Crippen LogP contribution in [-0.4, -0.2) is 13.1 Å². The number of hydrogen-bond donors (Lipinski definition) is 1. The molecule has 2 atom stereocenters. The average Bonchev–Trinajstić information content (AvgIpc) is 2.10. The van der Waals surface area contributed by atoms with Crippen LogP contribution in [0.3, 0.4) is 0 Å². The van der Waals surface area contributed by atoms with Crippen LogP contribution in [0, 0.1) is 11.3 Å². The van der Waals surface area contributed by atoms with E-state index in [1.54, 1.807) is 0 Å². The van der Waals surface area contributed by atoms with Crippen molar-refractivity contribution in [3.63, 3.8) is 0 Å². The van der Waals surface area contributed by atoms with Crippen LogP contribution < -0.4 is 5.32 Å². The van der Waals surface area contributed by atoms with E-state index in [0.717, 1.165) is 12.0 Å². The summed E-state index contributed by atoms with van der Waals surface area (Å²) >= 11 is 0.